The van der Waals surface area contributed by atoms with Crippen molar-refractivity contribution < 1.29 is 17.7 Å². The minimum absolute atomic E-state index is 0.187. The van der Waals surface area contributed by atoms with Crippen LogP contribution in [0.5, 0.6) is 0 Å². The third kappa shape index (κ3) is 3.83. The number of aromatic nitrogens is 2. The zero-order valence-electron chi connectivity index (χ0n) is 17.3. The molecule has 1 N–H and O–H groups in total. The van der Waals surface area contributed by atoms with Gasteiger partial charge >= 0.3 is 0 Å². The van der Waals surface area contributed by atoms with Crippen molar-refractivity contribution in [3.63, 3.8) is 0 Å². The number of anilines is 1. The van der Waals surface area contributed by atoms with Crippen molar-refractivity contribution in [2.24, 2.45) is 0 Å². The van der Waals surface area contributed by atoms with Gasteiger partial charge in [-0.25, -0.2) is 13.4 Å². The van der Waals surface area contributed by atoms with Crippen molar-refractivity contribution in [3.8, 4) is 0 Å². The van der Waals surface area contributed by atoms with Gasteiger partial charge in [-0.2, -0.15) is 4.31 Å². The lowest BCUT2D eigenvalue weighted by Crippen LogP contribution is -2.35. The summed E-state index contributed by atoms with van der Waals surface area (Å²) in [7, 11) is -3.58. The second kappa shape index (κ2) is 7.72. The van der Waals surface area contributed by atoms with Crippen molar-refractivity contribution in [1.82, 2.24) is 14.4 Å². The molecule has 0 spiro atoms. The summed E-state index contributed by atoms with van der Waals surface area (Å²) in [5, 5.41) is 7.40. The fraction of sp³-hybridized carbons (Fsp3) is 0.409. The molecular weight excluding hydrogens is 416 g/mol. The van der Waals surface area contributed by atoms with E-state index in [4.69, 9.17) is 4.52 Å². The van der Waals surface area contributed by atoms with Crippen LogP contribution in [-0.2, 0) is 10.0 Å². The lowest BCUT2D eigenvalue weighted by molar-refractivity contribution is 0.102. The first-order valence-corrected chi connectivity index (χ1v) is 12.1. The fourth-order valence-electron chi connectivity index (χ4n) is 4.07. The molecule has 2 fully saturated rings. The number of aryl methyl sites for hydroxylation is 1. The predicted octanol–water partition coefficient (Wildman–Crippen LogP) is 3.84. The standard InChI is InChI=1S/C22H24N4O4S/c1-14-20-18(13-19(15-8-9-15)24-22(20)30-25-14)21(27)23-16-6-5-7-17(12-16)31(28,29)26-10-3-2-4-11-26/h5-7,12-13,15H,2-4,8-11H2,1H3,(H,23,27). The summed E-state index contributed by atoms with van der Waals surface area (Å²) in [6.07, 6.45) is 4.88. The molecule has 0 atom stereocenters. The number of carbonyl (C=O) groups is 1. The largest absolute Gasteiger partial charge is 0.336 e. The van der Waals surface area contributed by atoms with Gasteiger partial charge < -0.3 is 9.84 Å². The van der Waals surface area contributed by atoms with Gasteiger partial charge in [0.1, 0.15) is 0 Å². The lowest BCUT2D eigenvalue weighted by Gasteiger charge is -2.26. The van der Waals surface area contributed by atoms with Crippen molar-refractivity contribution in [3.05, 3.63) is 47.3 Å². The fourth-order valence-corrected chi connectivity index (χ4v) is 5.63. The van der Waals surface area contributed by atoms with Gasteiger partial charge in [-0.15, -0.1) is 0 Å². The molecule has 3 heterocycles. The van der Waals surface area contributed by atoms with Crippen molar-refractivity contribution in [2.45, 2.75) is 49.8 Å². The number of benzene rings is 1. The van der Waals surface area contributed by atoms with E-state index in [0.29, 0.717) is 47.1 Å². The minimum atomic E-state index is -3.58. The Bertz CT molecular complexity index is 1260. The highest BCUT2D eigenvalue weighted by Crippen LogP contribution is 2.40. The monoisotopic (exact) mass is 440 g/mol. The highest BCUT2D eigenvalue weighted by atomic mass is 32.2. The predicted molar refractivity (Wildman–Crippen MR) is 116 cm³/mol. The number of amides is 1. The molecule has 1 saturated heterocycles. The van der Waals surface area contributed by atoms with Crippen LogP contribution in [0, 0.1) is 6.92 Å². The Morgan fingerprint density at radius 1 is 1.16 bits per heavy atom. The SMILES string of the molecule is Cc1noc2nc(C3CC3)cc(C(=O)Nc3cccc(S(=O)(=O)N4CCCCC4)c3)c12. The number of piperidine rings is 1. The quantitative estimate of drug-likeness (QED) is 0.646. The van der Waals surface area contributed by atoms with Gasteiger partial charge in [-0.3, -0.25) is 4.79 Å². The molecule has 1 amide bonds. The molecule has 0 radical (unpaired) electrons. The van der Waals surface area contributed by atoms with Crippen LogP contribution >= 0.6 is 0 Å². The first kappa shape index (κ1) is 20.1. The number of fused-ring (bicyclic) bond motifs is 1. The summed E-state index contributed by atoms with van der Waals surface area (Å²) < 4.78 is 32.8. The number of sulfonamides is 1. The van der Waals surface area contributed by atoms with Crippen molar-refractivity contribution in [1.29, 1.82) is 0 Å². The van der Waals surface area contributed by atoms with Gasteiger partial charge in [0.15, 0.2) is 0 Å². The number of rotatable bonds is 5. The third-order valence-electron chi connectivity index (χ3n) is 5.92. The molecule has 8 nitrogen and oxygen atoms in total. The Kier molecular flexibility index (Phi) is 5.02. The molecule has 1 saturated carbocycles. The second-order valence-corrected chi connectivity index (χ2v) is 10.2. The van der Waals surface area contributed by atoms with Gasteiger partial charge in [-0.05, 0) is 56.9 Å². The van der Waals surface area contributed by atoms with E-state index in [0.717, 1.165) is 37.8 Å². The number of hydrogen-bond donors (Lipinski definition) is 1. The van der Waals surface area contributed by atoms with E-state index in [-0.39, 0.29) is 10.8 Å². The molecule has 162 valence electrons. The molecule has 0 bridgehead atoms. The molecule has 1 aliphatic heterocycles. The summed E-state index contributed by atoms with van der Waals surface area (Å²) in [6.45, 7) is 2.84. The Morgan fingerprint density at radius 3 is 2.68 bits per heavy atom. The first-order valence-electron chi connectivity index (χ1n) is 10.6. The van der Waals surface area contributed by atoms with Gasteiger partial charge in [0.25, 0.3) is 11.6 Å². The van der Waals surface area contributed by atoms with Gasteiger partial charge in [-0.1, -0.05) is 17.6 Å². The van der Waals surface area contributed by atoms with Crippen LogP contribution in [0.1, 0.15) is 59.8 Å². The maximum absolute atomic E-state index is 13.2. The average molecular weight is 441 g/mol. The molecule has 2 aliphatic rings. The third-order valence-corrected chi connectivity index (χ3v) is 7.82. The van der Waals surface area contributed by atoms with Crippen LogP contribution in [0.25, 0.3) is 11.1 Å². The van der Waals surface area contributed by atoms with E-state index in [1.54, 1.807) is 31.2 Å². The Hall–Kier alpha value is -2.78. The van der Waals surface area contributed by atoms with E-state index in [2.05, 4.69) is 15.5 Å². The Balaban J connectivity index is 1.45. The Morgan fingerprint density at radius 2 is 1.94 bits per heavy atom. The summed E-state index contributed by atoms with van der Waals surface area (Å²) in [5.41, 5.74) is 2.64. The number of carbonyl (C=O) groups excluding carboxylic acids is 1. The number of pyridine rings is 1. The highest BCUT2D eigenvalue weighted by molar-refractivity contribution is 7.89. The topological polar surface area (TPSA) is 105 Å². The molecule has 2 aromatic heterocycles. The molecule has 5 rings (SSSR count). The van der Waals surface area contributed by atoms with Crippen LogP contribution in [0.4, 0.5) is 5.69 Å². The van der Waals surface area contributed by atoms with E-state index < -0.39 is 10.0 Å². The molecule has 3 aromatic rings. The number of nitrogens with zero attached hydrogens (tertiary/aromatic N) is 3. The first-order chi connectivity index (χ1) is 14.9. The average Bonchev–Trinajstić information content (AvgIpc) is 3.57. The van der Waals surface area contributed by atoms with E-state index in [1.807, 2.05) is 0 Å². The molecule has 31 heavy (non-hydrogen) atoms. The van der Waals surface area contributed by atoms with Gasteiger partial charge in [0, 0.05) is 30.4 Å². The Labute approximate surface area is 180 Å². The normalized spacial score (nSPS) is 17.7. The lowest BCUT2D eigenvalue weighted by atomic mass is 10.1. The maximum Gasteiger partial charge on any atom is 0.259 e. The van der Waals surface area contributed by atoms with E-state index >= 15 is 0 Å². The smallest absolute Gasteiger partial charge is 0.259 e. The molecule has 1 aromatic carbocycles. The van der Waals surface area contributed by atoms with Crippen LogP contribution in [0.15, 0.2) is 39.8 Å². The van der Waals surface area contributed by atoms with E-state index in [9.17, 15) is 13.2 Å². The van der Waals surface area contributed by atoms with Crippen LogP contribution < -0.4 is 5.32 Å². The summed E-state index contributed by atoms with van der Waals surface area (Å²) in [4.78, 5) is 17.9. The minimum Gasteiger partial charge on any atom is -0.336 e. The number of nitrogens with one attached hydrogen (secondary N) is 1. The van der Waals surface area contributed by atoms with E-state index in [1.165, 1.54) is 10.4 Å². The number of hydrogen-bond acceptors (Lipinski definition) is 6. The van der Waals surface area contributed by atoms with Crippen LogP contribution in [0.2, 0.25) is 0 Å². The zero-order chi connectivity index (χ0) is 21.6. The summed E-state index contributed by atoms with van der Waals surface area (Å²) >= 11 is 0. The van der Waals surface area contributed by atoms with Gasteiger partial charge in [0.05, 0.1) is 21.5 Å². The van der Waals surface area contributed by atoms with Crippen LogP contribution in [0.3, 0.4) is 0 Å². The highest BCUT2D eigenvalue weighted by Gasteiger charge is 2.29. The summed E-state index contributed by atoms with van der Waals surface area (Å²) in [6, 6.07) is 8.22. The van der Waals surface area contributed by atoms with Crippen molar-refractivity contribution >= 4 is 32.7 Å². The van der Waals surface area contributed by atoms with Crippen LogP contribution in [-0.4, -0.2) is 41.9 Å². The summed E-state index contributed by atoms with van der Waals surface area (Å²) in [5.74, 6) is 0.00694. The second-order valence-electron chi connectivity index (χ2n) is 8.26. The van der Waals surface area contributed by atoms with Gasteiger partial charge in [0.2, 0.25) is 10.0 Å². The molecule has 0 unspecified atom stereocenters. The molecular formula is C22H24N4O4S. The maximum atomic E-state index is 13.2. The zero-order valence-corrected chi connectivity index (χ0v) is 18.1. The van der Waals surface area contributed by atoms with Crippen molar-refractivity contribution in [2.75, 3.05) is 18.4 Å². The molecule has 9 heteroatoms. The molecule has 1 aliphatic carbocycles.